The van der Waals surface area contributed by atoms with E-state index in [1.54, 1.807) is 0 Å². The van der Waals surface area contributed by atoms with Gasteiger partial charge >= 0.3 is 0 Å². The number of anilines is 1. The van der Waals surface area contributed by atoms with E-state index in [1.807, 2.05) is 56.3 Å². The second-order valence-electron chi connectivity index (χ2n) is 8.17. The van der Waals surface area contributed by atoms with Gasteiger partial charge in [0.25, 0.3) is 5.91 Å². The number of benzene rings is 3. The summed E-state index contributed by atoms with van der Waals surface area (Å²) in [5.41, 5.74) is 4.10. The minimum Gasteiger partial charge on any atom is -0.490 e. The number of hydrogen-bond acceptors (Lipinski definition) is 4. The highest BCUT2D eigenvalue weighted by Crippen LogP contribution is 2.37. The summed E-state index contributed by atoms with van der Waals surface area (Å²) >= 11 is 6.56. The van der Waals surface area contributed by atoms with E-state index in [2.05, 4.69) is 41.8 Å². The third-order valence-corrected chi connectivity index (χ3v) is 5.66. The highest BCUT2D eigenvalue weighted by molar-refractivity contribution is 6.32. The molecule has 0 heterocycles. The largest absolute Gasteiger partial charge is 0.490 e. The minimum atomic E-state index is -0.265. The van der Waals surface area contributed by atoms with Crippen LogP contribution in [-0.4, -0.2) is 19.1 Å². The molecule has 5 nitrogen and oxygen atoms in total. The van der Waals surface area contributed by atoms with Gasteiger partial charge in [-0.15, -0.1) is 0 Å². The Morgan fingerprint density at radius 1 is 1.00 bits per heavy atom. The summed E-state index contributed by atoms with van der Waals surface area (Å²) in [6, 6.07) is 22.1. The monoisotopic (exact) mass is 480 g/mol. The summed E-state index contributed by atoms with van der Waals surface area (Å²) in [5, 5.41) is 6.87. The van der Waals surface area contributed by atoms with Crippen molar-refractivity contribution in [3.63, 3.8) is 0 Å². The summed E-state index contributed by atoms with van der Waals surface area (Å²) in [4.78, 5) is 12.4. The van der Waals surface area contributed by atoms with Crippen molar-refractivity contribution in [2.24, 2.45) is 0 Å². The summed E-state index contributed by atoms with van der Waals surface area (Å²) in [6.07, 6.45) is 2.11. The van der Waals surface area contributed by atoms with Crippen LogP contribution in [0.5, 0.6) is 11.5 Å². The zero-order chi connectivity index (χ0) is 24.3. The second kappa shape index (κ2) is 13.0. The number of amides is 1. The lowest BCUT2D eigenvalue weighted by atomic mass is 10.0. The molecule has 6 heteroatoms. The van der Waals surface area contributed by atoms with E-state index < -0.39 is 0 Å². The average molecular weight is 481 g/mol. The van der Waals surface area contributed by atoms with E-state index in [9.17, 15) is 4.79 Å². The first-order chi connectivity index (χ1) is 16.5. The molecule has 180 valence electrons. The lowest BCUT2D eigenvalue weighted by Gasteiger charge is -2.20. The van der Waals surface area contributed by atoms with Crippen molar-refractivity contribution in [1.29, 1.82) is 0 Å². The van der Waals surface area contributed by atoms with Crippen LogP contribution in [0.1, 0.15) is 49.4 Å². The molecule has 1 amide bonds. The lowest BCUT2D eigenvalue weighted by molar-refractivity contribution is -0.118. The van der Waals surface area contributed by atoms with Gasteiger partial charge in [-0.2, -0.15) is 0 Å². The molecule has 2 N–H and O–H groups in total. The van der Waals surface area contributed by atoms with Crippen molar-refractivity contribution in [1.82, 2.24) is 5.32 Å². The maximum Gasteiger partial charge on any atom is 0.262 e. The molecule has 0 saturated heterocycles. The van der Waals surface area contributed by atoms with Gasteiger partial charge in [0.1, 0.15) is 0 Å². The quantitative estimate of drug-likeness (QED) is 0.303. The number of hydrogen-bond donors (Lipinski definition) is 2. The van der Waals surface area contributed by atoms with Gasteiger partial charge in [0.05, 0.1) is 11.6 Å². The first-order valence-electron chi connectivity index (χ1n) is 11.7. The third kappa shape index (κ3) is 7.51. The molecule has 3 aromatic carbocycles. The molecule has 34 heavy (non-hydrogen) atoms. The van der Waals surface area contributed by atoms with Crippen LogP contribution >= 0.6 is 11.6 Å². The molecule has 0 aromatic heterocycles. The number of carbonyl (C=O) groups excluding carboxylic acids is 1. The Kier molecular flexibility index (Phi) is 9.80. The molecule has 0 aliphatic rings. The summed E-state index contributed by atoms with van der Waals surface area (Å²) in [7, 11) is 0. The SMILES string of the molecule is CCCC(NCc1cc(Cl)c(OCC(=O)Nc2ccc(C)cc2)c(OCC)c1)c1ccccc1. The normalized spacial score (nSPS) is 11.6. The summed E-state index contributed by atoms with van der Waals surface area (Å²) in [6.45, 7) is 7.01. The van der Waals surface area contributed by atoms with E-state index in [0.29, 0.717) is 29.7 Å². The third-order valence-electron chi connectivity index (χ3n) is 5.38. The highest BCUT2D eigenvalue weighted by Gasteiger charge is 2.16. The van der Waals surface area contributed by atoms with Crippen LogP contribution in [0.3, 0.4) is 0 Å². The molecule has 0 fully saturated rings. The van der Waals surface area contributed by atoms with Gasteiger partial charge in [0.15, 0.2) is 18.1 Å². The van der Waals surface area contributed by atoms with Crippen molar-refractivity contribution in [2.75, 3.05) is 18.5 Å². The molecule has 1 unspecified atom stereocenters. The van der Waals surface area contributed by atoms with Crippen LogP contribution < -0.4 is 20.1 Å². The van der Waals surface area contributed by atoms with E-state index in [1.165, 1.54) is 5.56 Å². The predicted octanol–water partition coefficient (Wildman–Crippen LogP) is 6.70. The maximum absolute atomic E-state index is 12.4. The number of halogens is 1. The number of rotatable bonds is 12. The Morgan fingerprint density at radius 2 is 1.74 bits per heavy atom. The van der Waals surface area contributed by atoms with Crippen LogP contribution in [0.25, 0.3) is 0 Å². The molecule has 1 atom stereocenters. The van der Waals surface area contributed by atoms with Crippen molar-refractivity contribution < 1.29 is 14.3 Å². The van der Waals surface area contributed by atoms with E-state index in [-0.39, 0.29) is 18.6 Å². The Balaban J connectivity index is 1.67. The van der Waals surface area contributed by atoms with Crippen molar-refractivity contribution in [3.8, 4) is 11.5 Å². The molecular formula is C28H33ClN2O3. The molecular weight excluding hydrogens is 448 g/mol. The van der Waals surface area contributed by atoms with Gasteiger partial charge in [0, 0.05) is 18.3 Å². The zero-order valence-corrected chi connectivity index (χ0v) is 20.8. The molecule has 0 radical (unpaired) electrons. The Bertz CT molecular complexity index is 1060. The minimum absolute atomic E-state index is 0.169. The fourth-order valence-electron chi connectivity index (χ4n) is 3.70. The zero-order valence-electron chi connectivity index (χ0n) is 20.1. The Hall–Kier alpha value is -3.02. The van der Waals surface area contributed by atoms with Gasteiger partial charge in [0.2, 0.25) is 0 Å². The van der Waals surface area contributed by atoms with Crippen LogP contribution in [0.2, 0.25) is 5.02 Å². The van der Waals surface area contributed by atoms with Crippen molar-refractivity contribution >= 4 is 23.2 Å². The van der Waals surface area contributed by atoms with Crippen LogP contribution in [0.15, 0.2) is 66.7 Å². The van der Waals surface area contributed by atoms with Crippen LogP contribution in [0.4, 0.5) is 5.69 Å². The Morgan fingerprint density at radius 3 is 2.41 bits per heavy atom. The molecule has 0 saturated carbocycles. The first kappa shape index (κ1) is 25.6. The highest BCUT2D eigenvalue weighted by atomic mass is 35.5. The maximum atomic E-state index is 12.4. The molecule has 0 aliphatic heterocycles. The van der Waals surface area contributed by atoms with Gasteiger partial charge < -0.3 is 20.1 Å². The van der Waals surface area contributed by atoms with Gasteiger partial charge in [-0.25, -0.2) is 0 Å². The van der Waals surface area contributed by atoms with Crippen LogP contribution in [-0.2, 0) is 11.3 Å². The number of carbonyl (C=O) groups is 1. The smallest absolute Gasteiger partial charge is 0.262 e. The van der Waals surface area contributed by atoms with Crippen LogP contribution in [0, 0.1) is 6.92 Å². The molecule has 0 spiro atoms. The number of ether oxygens (including phenoxy) is 2. The first-order valence-corrected chi connectivity index (χ1v) is 12.1. The van der Waals surface area contributed by atoms with Gasteiger partial charge in [-0.1, -0.05) is 73.0 Å². The topological polar surface area (TPSA) is 59.6 Å². The number of aryl methyl sites for hydroxylation is 1. The average Bonchev–Trinajstić information content (AvgIpc) is 2.83. The lowest BCUT2D eigenvalue weighted by Crippen LogP contribution is -2.21. The summed E-state index contributed by atoms with van der Waals surface area (Å²) in [5.74, 6) is 0.638. The molecule has 3 rings (SSSR count). The summed E-state index contributed by atoms with van der Waals surface area (Å²) < 4.78 is 11.6. The van der Waals surface area contributed by atoms with E-state index in [4.69, 9.17) is 21.1 Å². The predicted molar refractivity (Wildman–Crippen MR) is 139 cm³/mol. The molecule has 3 aromatic rings. The fraction of sp³-hybridized carbons (Fsp3) is 0.321. The van der Waals surface area contributed by atoms with Gasteiger partial charge in [-0.3, -0.25) is 4.79 Å². The van der Waals surface area contributed by atoms with E-state index >= 15 is 0 Å². The van der Waals surface area contributed by atoms with E-state index in [0.717, 1.165) is 29.7 Å². The van der Waals surface area contributed by atoms with Gasteiger partial charge in [-0.05, 0) is 55.7 Å². The number of nitrogens with one attached hydrogen (secondary N) is 2. The second-order valence-corrected chi connectivity index (χ2v) is 8.58. The molecule has 0 bridgehead atoms. The van der Waals surface area contributed by atoms with Crippen molar-refractivity contribution in [3.05, 3.63) is 88.4 Å². The Labute approximate surface area is 207 Å². The van der Waals surface area contributed by atoms with Crippen molar-refractivity contribution in [2.45, 2.75) is 46.2 Å². The molecule has 0 aliphatic carbocycles. The fourth-order valence-corrected chi connectivity index (χ4v) is 3.99. The standard InChI is InChI=1S/C28H33ClN2O3/c1-4-9-25(22-10-7-6-8-11-22)30-18-21-16-24(29)28(26(17-21)33-5-2)34-19-27(32)31-23-14-12-20(3)13-15-23/h6-8,10-17,25,30H,4-5,9,18-19H2,1-3H3,(H,31,32).